The van der Waals surface area contributed by atoms with Crippen molar-refractivity contribution in [2.24, 2.45) is 0 Å². The fourth-order valence-corrected chi connectivity index (χ4v) is 3.83. The second-order valence-electron chi connectivity index (χ2n) is 3.44. The van der Waals surface area contributed by atoms with E-state index in [9.17, 15) is 22.9 Å². The fraction of sp³-hybridized carbons (Fsp3) is 0. The maximum Gasteiger partial charge on any atom is 0.292 e. The van der Waals surface area contributed by atoms with E-state index in [0.717, 1.165) is 23.5 Å². The molecule has 0 spiro atoms. The zero-order chi connectivity index (χ0) is 14.9. The van der Waals surface area contributed by atoms with Crippen molar-refractivity contribution in [1.82, 2.24) is 4.98 Å². The van der Waals surface area contributed by atoms with Crippen molar-refractivity contribution in [3.8, 4) is 0 Å². The van der Waals surface area contributed by atoms with E-state index in [-0.39, 0.29) is 5.13 Å². The smallest absolute Gasteiger partial charge is 0.258 e. The molecule has 2 rings (SSSR count). The molecule has 2 aromatic rings. The van der Waals surface area contributed by atoms with E-state index in [1.165, 1.54) is 6.20 Å². The maximum absolute atomic E-state index is 13.0. The number of nitrogens with one attached hydrogen (secondary N) is 1. The third kappa shape index (κ3) is 3.11. The number of thiazole rings is 1. The van der Waals surface area contributed by atoms with Gasteiger partial charge in [0, 0.05) is 0 Å². The summed E-state index contributed by atoms with van der Waals surface area (Å²) in [4.78, 5) is 13.0. The average molecular weight is 382 g/mol. The van der Waals surface area contributed by atoms with E-state index in [1.807, 2.05) is 0 Å². The van der Waals surface area contributed by atoms with Gasteiger partial charge in [0.25, 0.3) is 15.7 Å². The summed E-state index contributed by atoms with van der Waals surface area (Å²) in [6.07, 6.45) is 1.38. The van der Waals surface area contributed by atoms with Crippen molar-refractivity contribution >= 4 is 48.1 Å². The lowest BCUT2D eigenvalue weighted by molar-refractivity contribution is -0.388. The minimum absolute atomic E-state index is 0.0375. The number of nitrogens with zero attached hydrogens (tertiary/aromatic N) is 2. The first-order valence-electron chi connectivity index (χ1n) is 4.88. The van der Waals surface area contributed by atoms with Crippen LogP contribution in [0, 0.1) is 15.9 Å². The summed E-state index contributed by atoms with van der Waals surface area (Å²) in [5.74, 6) is -0.896. The van der Waals surface area contributed by atoms with E-state index in [1.54, 1.807) is 0 Å². The fourth-order valence-electron chi connectivity index (χ4n) is 1.33. The Balaban J connectivity index is 2.46. The highest BCUT2D eigenvalue weighted by atomic mass is 79.9. The zero-order valence-corrected chi connectivity index (χ0v) is 12.6. The summed E-state index contributed by atoms with van der Waals surface area (Å²) in [5, 5.41) is 10.8. The van der Waals surface area contributed by atoms with Crippen LogP contribution >= 0.6 is 27.3 Å². The van der Waals surface area contributed by atoms with Gasteiger partial charge in [0.15, 0.2) is 10.0 Å². The lowest BCUT2D eigenvalue weighted by Crippen LogP contribution is -2.14. The molecule has 1 aromatic carbocycles. The number of hydrogen-bond donors (Lipinski definition) is 1. The monoisotopic (exact) mass is 381 g/mol. The van der Waals surface area contributed by atoms with Crippen LogP contribution in [0.2, 0.25) is 0 Å². The van der Waals surface area contributed by atoms with E-state index >= 15 is 0 Å². The van der Waals surface area contributed by atoms with E-state index in [2.05, 4.69) is 25.6 Å². The zero-order valence-electron chi connectivity index (χ0n) is 9.41. The van der Waals surface area contributed by atoms with Crippen molar-refractivity contribution in [3.63, 3.8) is 0 Å². The molecule has 0 aliphatic heterocycles. The number of aromatic nitrogens is 1. The Morgan fingerprint density at radius 2 is 2.15 bits per heavy atom. The normalized spacial score (nSPS) is 11.3. The van der Waals surface area contributed by atoms with Gasteiger partial charge in [-0.3, -0.25) is 14.8 Å². The van der Waals surface area contributed by atoms with Gasteiger partial charge in [0.05, 0.1) is 21.0 Å². The number of benzene rings is 1. The second kappa shape index (κ2) is 5.42. The molecule has 0 radical (unpaired) electrons. The quantitative estimate of drug-likeness (QED) is 0.647. The van der Waals surface area contributed by atoms with Gasteiger partial charge in [-0.2, -0.15) is 0 Å². The number of anilines is 1. The molecule has 0 atom stereocenters. The molecule has 7 nitrogen and oxygen atoms in total. The first kappa shape index (κ1) is 14.8. The van der Waals surface area contributed by atoms with Crippen LogP contribution in [0.4, 0.5) is 15.2 Å². The van der Waals surface area contributed by atoms with Crippen LogP contribution in [-0.2, 0) is 10.0 Å². The van der Waals surface area contributed by atoms with Crippen LogP contribution in [-0.4, -0.2) is 18.3 Å². The highest BCUT2D eigenvalue weighted by Crippen LogP contribution is 2.29. The molecule has 1 heterocycles. The highest BCUT2D eigenvalue weighted by molar-refractivity contribution is 9.11. The summed E-state index contributed by atoms with van der Waals surface area (Å²) in [7, 11) is -4.22. The van der Waals surface area contributed by atoms with Gasteiger partial charge in [0.1, 0.15) is 5.82 Å². The SMILES string of the molecule is O=[N+]([O-])c1cc(F)ccc1S(=O)(=O)Nc1ncc(Br)s1. The number of sulfonamides is 1. The van der Waals surface area contributed by atoms with Gasteiger partial charge in [-0.05, 0) is 28.1 Å². The van der Waals surface area contributed by atoms with Crippen molar-refractivity contribution in [3.05, 3.63) is 44.1 Å². The summed E-state index contributed by atoms with van der Waals surface area (Å²) < 4.78 is 39.8. The Morgan fingerprint density at radius 3 is 2.70 bits per heavy atom. The Kier molecular flexibility index (Phi) is 4.01. The average Bonchev–Trinajstić information content (AvgIpc) is 2.73. The van der Waals surface area contributed by atoms with Gasteiger partial charge in [-0.25, -0.2) is 17.8 Å². The Morgan fingerprint density at radius 1 is 1.45 bits per heavy atom. The van der Waals surface area contributed by atoms with Crippen molar-refractivity contribution in [2.75, 3.05) is 4.72 Å². The van der Waals surface area contributed by atoms with Gasteiger partial charge in [-0.15, -0.1) is 0 Å². The van der Waals surface area contributed by atoms with Crippen LogP contribution in [0.3, 0.4) is 0 Å². The van der Waals surface area contributed by atoms with Gasteiger partial charge in [0.2, 0.25) is 0 Å². The Hall–Kier alpha value is -1.59. The van der Waals surface area contributed by atoms with Crippen LogP contribution < -0.4 is 4.72 Å². The summed E-state index contributed by atoms with van der Waals surface area (Å²) in [6.45, 7) is 0. The number of rotatable bonds is 4. The highest BCUT2D eigenvalue weighted by Gasteiger charge is 2.27. The molecule has 0 fully saturated rings. The molecule has 0 unspecified atom stereocenters. The lowest BCUT2D eigenvalue weighted by Gasteiger charge is -2.05. The molecule has 0 bridgehead atoms. The van der Waals surface area contributed by atoms with E-state index < -0.39 is 31.3 Å². The molecule has 0 saturated heterocycles. The number of nitro benzene ring substituents is 1. The van der Waals surface area contributed by atoms with Crippen molar-refractivity contribution < 1.29 is 17.7 Å². The predicted octanol–water partition coefficient (Wildman–Crippen LogP) is 2.75. The van der Waals surface area contributed by atoms with Crippen LogP contribution in [0.25, 0.3) is 0 Å². The number of nitro groups is 1. The van der Waals surface area contributed by atoms with Gasteiger partial charge >= 0.3 is 0 Å². The van der Waals surface area contributed by atoms with Crippen LogP contribution in [0.5, 0.6) is 0 Å². The third-order valence-electron chi connectivity index (χ3n) is 2.11. The first-order valence-corrected chi connectivity index (χ1v) is 7.97. The summed E-state index contributed by atoms with van der Waals surface area (Å²) in [6, 6.07) is 2.21. The minimum Gasteiger partial charge on any atom is -0.258 e. The molecule has 0 saturated carbocycles. The molecular weight excluding hydrogens is 377 g/mol. The van der Waals surface area contributed by atoms with Gasteiger partial charge < -0.3 is 0 Å². The molecule has 0 aliphatic rings. The first-order chi connectivity index (χ1) is 9.29. The molecule has 0 aliphatic carbocycles. The molecule has 1 N–H and O–H groups in total. The third-order valence-corrected chi connectivity index (χ3v) is 5.01. The molecule has 1 aromatic heterocycles. The summed E-state index contributed by atoms with van der Waals surface area (Å²) >= 11 is 4.10. The van der Waals surface area contributed by atoms with Gasteiger partial charge in [-0.1, -0.05) is 11.3 Å². The summed E-state index contributed by atoms with van der Waals surface area (Å²) in [5.41, 5.74) is -0.840. The van der Waals surface area contributed by atoms with Crippen LogP contribution in [0.15, 0.2) is 33.1 Å². The molecular formula is C9H5BrFN3O4S2. The molecule has 0 amide bonds. The minimum atomic E-state index is -4.22. The van der Waals surface area contributed by atoms with Crippen molar-refractivity contribution in [1.29, 1.82) is 0 Å². The lowest BCUT2D eigenvalue weighted by atomic mass is 10.3. The molecule has 11 heteroatoms. The standard InChI is InChI=1S/C9H5BrFN3O4S2/c10-8-4-12-9(19-8)13-20(17,18)7-2-1-5(11)3-6(7)14(15)16/h1-4H,(H,12,13). The largest absolute Gasteiger partial charge is 0.292 e. The van der Waals surface area contributed by atoms with Crippen LogP contribution in [0.1, 0.15) is 0 Å². The number of hydrogen-bond acceptors (Lipinski definition) is 6. The Labute approximate surface area is 124 Å². The number of halogens is 2. The van der Waals surface area contributed by atoms with E-state index in [4.69, 9.17) is 0 Å². The maximum atomic E-state index is 13.0. The Bertz CT molecular complexity index is 777. The molecule has 106 valence electrons. The predicted molar refractivity (Wildman–Crippen MR) is 73.7 cm³/mol. The second-order valence-corrected chi connectivity index (χ2v) is 7.50. The van der Waals surface area contributed by atoms with Crippen molar-refractivity contribution in [2.45, 2.75) is 4.90 Å². The van der Waals surface area contributed by atoms with E-state index in [0.29, 0.717) is 9.85 Å². The molecule has 20 heavy (non-hydrogen) atoms. The topological polar surface area (TPSA) is 102 Å².